The van der Waals surface area contributed by atoms with E-state index in [0.717, 1.165) is 8.95 Å². The number of nitrogens with two attached hydrogens (primary N) is 1. The number of rotatable bonds is 2. The van der Waals surface area contributed by atoms with E-state index in [1.165, 1.54) is 6.20 Å². The number of halogens is 2. The van der Waals surface area contributed by atoms with Crippen molar-refractivity contribution in [3.05, 3.63) is 43.5 Å². The van der Waals surface area contributed by atoms with Crippen LogP contribution in [-0.4, -0.2) is 9.97 Å². The monoisotopic (exact) mass is 358 g/mol. The Balaban J connectivity index is 2.73. The first-order chi connectivity index (χ1) is 8.11. The van der Waals surface area contributed by atoms with E-state index < -0.39 is 0 Å². The van der Waals surface area contributed by atoms with Gasteiger partial charge in [-0.15, -0.1) is 0 Å². The lowest BCUT2D eigenvalue weighted by Crippen LogP contribution is -2.14. The van der Waals surface area contributed by atoms with Gasteiger partial charge in [-0.1, -0.05) is 15.9 Å². The molecule has 88 valence electrons. The fourth-order valence-corrected chi connectivity index (χ4v) is 2.70. The highest BCUT2D eigenvalue weighted by atomic mass is 79.9. The normalized spacial score (nSPS) is 11.2. The van der Waals surface area contributed by atoms with Gasteiger partial charge in [-0.2, -0.15) is 0 Å². The second-order valence-corrected chi connectivity index (χ2v) is 5.00. The fourth-order valence-electron chi connectivity index (χ4n) is 1.39. The molecule has 0 atom stereocenters. The Morgan fingerprint density at radius 2 is 2.18 bits per heavy atom. The molecule has 7 heteroatoms. The smallest absolute Gasteiger partial charge is 0.259 e. The standard InChI is InChI=1S/C10H8Br2N4O/c11-5-3-6-9(7(12)4-5)15-8(1-2-14-13)16-10(6)17/h1-4,14H,13H2,(H,15,16,17)/b2-1+. The predicted octanol–water partition coefficient (Wildman–Crippen LogP) is 1.88. The molecule has 0 aliphatic carbocycles. The zero-order valence-corrected chi connectivity index (χ0v) is 11.7. The van der Waals surface area contributed by atoms with Crippen molar-refractivity contribution < 1.29 is 0 Å². The number of nitrogens with one attached hydrogen (secondary N) is 2. The van der Waals surface area contributed by atoms with Gasteiger partial charge in [0.1, 0.15) is 5.82 Å². The van der Waals surface area contributed by atoms with Crippen LogP contribution < -0.4 is 16.8 Å². The number of hydrogen-bond acceptors (Lipinski definition) is 4. The van der Waals surface area contributed by atoms with Crippen molar-refractivity contribution in [1.29, 1.82) is 0 Å². The van der Waals surface area contributed by atoms with Gasteiger partial charge in [0.2, 0.25) is 0 Å². The lowest BCUT2D eigenvalue weighted by atomic mass is 10.2. The summed E-state index contributed by atoms with van der Waals surface area (Å²) in [4.78, 5) is 18.8. The summed E-state index contributed by atoms with van der Waals surface area (Å²) in [6.45, 7) is 0. The number of H-pyrrole nitrogens is 1. The van der Waals surface area contributed by atoms with Crippen LogP contribution in [0.25, 0.3) is 17.0 Å². The highest BCUT2D eigenvalue weighted by Gasteiger charge is 2.07. The molecular weight excluding hydrogens is 352 g/mol. The molecule has 4 N–H and O–H groups in total. The van der Waals surface area contributed by atoms with Crippen LogP contribution in [0.4, 0.5) is 0 Å². The summed E-state index contributed by atoms with van der Waals surface area (Å²) in [7, 11) is 0. The van der Waals surface area contributed by atoms with E-state index in [1.54, 1.807) is 12.1 Å². The summed E-state index contributed by atoms with van der Waals surface area (Å²) in [6, 6.07) is 3.56. The third kappa shape index (κ3) is 2.56. The predicted molar refractivity (Wildman–Crippen MR) is 74.1 cm³/mol. The first kappa shape index (κ1) is 12.3. The molecule has 0 aliphatic heterocycles. The van der Waals surface area contributed by atoms with Crippen molar-refractivity contribution in [2.24, 2.45) is 5.84 Å². The van der Waals surface area contributed by atoms with Gasteiger partial charge >= 0.3 is 0 Å². The third-order valence-electron chi connectivity index (χ3n) is 2.08. The van der Waals surface area contributed by atoms with Gasteiger partial charge in [0.25, 0.3) is 5.56 Å². The highest BCUT2D eigenvalue weighted by Crippen LogP contribution is 2.25. The maximum absolute atomic E-state index is 11.8. The summed E-state index contributed by atoms with van der Waals surface area (Å²) < 4.78 is 1.57. The van der Waals surface area contributed by atoms with Crippen LogP contribution in [0, 0.1) is 0 Å². The molecule has 0 spiro atoms. The van der Waals surface area contributed by atoms with Crippen LogP contribution >= 0.6 is 31.9 Å². The van der Waals surface area contributed by atoms with Crippen LogP contribution in [0.15, 0.2) is 32.1 Å². The molecule has 0 amide bonds. The first-order valence-corrected chi connectivity index (χ1v) is 6.22. The Hall–Kier alpha value is -1.18. The molecule has 1 heterocycles. The van der Waals surface area contributed by atoms with Crippen LogP contribution in [-0.2, 0) is 0 Å². The van der Waals surface area contributed by atoms with E-state index in [9.17, 15) is 4.79 Å². The Morgan fingerprint density at radius 1 is 1.41 bits per heavy atom. The molecule has 0 saturated carbocycles. The van der Waals surface area contributed by atoms with Gasteiger partial charge in [-0.05, 0) is 34.1 Å². The molecule has 0 unspecified atom stereocenters. The molecule has 17 heavy (non-hydrogen) atoms. The van der Waals surface area contributed by atoms with Gasteiger partial charge < -0.3 is 10.4 Å². The largest absolute Gasteiger partial charge is 0.331 e. The molecule has 1 aromatic carbocycles. The Labute approximate surface area is 113 Å². The zero-order chi connectivity index (χ0) is 12.4. The van der Waals surface area contributed by atoms with E-state index in [0.29, 0.717) is 16.7 Å². The molecule has 2 rings (SSSR count). The molecule has 1 aromatic heterocycles. The average molecular weight is 360 g/mol. The number of aromatic nitrogens is 2. The highest BCUT2D eigenvalue weighted by molar-refractivity contribution is 9.11. The van der Waals surface area contributed by atoms with Crippen molar-refractivity contribution >= 4 is 48.8 Å². The summed E-state index contributed by atoms with van der Waals surface area (Å²) >= 11 is 6.70. The fraction of sp³-hybridized carbons (Fsp3) is 0. The summed E-state index contributed by atoms with van der Waals surface area (Å²) in [6.07, 6.45) is 3.06. The van der Waals surface area contributed by atoms with Crippen molar-refractivity contribution in [2.45, 2.75) is 0 Å². The molecule has 5 nitrogen and oxygen atoms in total. The molecule has 0 radical (unpaired) electrons. The van der Waals surface area contributed by atoms with Crippen molar-refractivity contribution in [3.63, 3.8) is 0 Å². The van der Waals surface area contributed by atoms with E-state index in [4.69, 9.17) is 5.84 Å². The average Bonchev–Trinajstić information content (AvgIpc) is 2.28. The van der Waals surface area contributed by atoms with Gasteiger partial charge in [0.05, 0.1) is 10.9 Å². The number of nitrogens with zero attached hydrogens (tertiary/aromatic N) is 1. The minimum absolute atomic E-state index is 0.200. The van der Waals surface area contributed by atoms with Crippen molar-refractivity contribution in [2.75, 3.05) is 0 Å². The van der Waals surface area contributed by atoms with Crippen molar-refractivity contribution in [3.8, 4) is 0 Å². The second kappa shape index (κ2) is 4.99. The minimum Gasteiger partial charge on any atom is -0.331 e. The topological polar surface area (TPSA) is 83.8 Å². The summed E-state index contributed by atoms with van der Waals surface area (Å²) in [5.74, 6) is 5.54. The molecule has 0 bridgehead atoms. The number of hydrazine groups is 1. The van der Waals surface area contributed by atoms with Gasteiger partial charge in [-0.3, -0.25) is 10.6 Å². The summed E-state index contributed by atoms with van der Waals surface area (Å²) in [5.41, 5.74) is 2.75. The van der Waals surface area contributed by atoms with Gasteiger partial charge in [-0.25, -0.2) is 4.98 Å². The lowest BCUT2D eigenvalue weighted by Gasteiger charge is -2.02. The number of aromatic amines is 1. The lowest BCUT2D eigenvalue weighted by molar-refractivity contribution is 0.970. The number of benzene rings is 1. The quantitative estimate of drug-likeness (QED) is 0.564. The van der Waals surface area contributed by atoms with Crippen molar-refractivity contribution in [1.82, 2.24) is 15.4 Å². The van der Waals surface area contributed by atoms with E-state index >= 15 is 0 Å². The third-order valence-corrected chi connectivity index (χ3v) is 3.15. The minimum atomic E-state index is -0.200. The van der Waals surface area contributed by atoms with E-state index in [-0.39, 0.29) is 5.56 Å². The van der Waals surface area contributed by atoms with Crippen LogP contribution in [0.5, 0.6) is 0 Å². The Morgan fingerprint density at radius 3 is 2.88 bits per heavy atom. The zero-order valence-electron chi connectivity index (χ0n) is 8.50. The number of fused-ring (bicyclic) bond motifs is 1. The molecule has 0 saturated heterocycles. The Bertz CT molecular complexity index is 651. The molecular formula is C10H8Br2N4O. The SMILES string of the molecule is NN/C=C/c1nc2c(Br)cc(Br)cc2c(=O)[nH]1. The molecule has 0 aliphatic rings. The Kier molecular flexibility index (Phi) is 3.60. The maximum Gasteiger partial charge on any atom is 0.259 e. The van der Waals surface area contributed by atoms with Gasteiger partial charge in [0.15, 0.2) is 0 Å². The molecule has 2 aromatic rings. The van der Waals surface area contributed by atoms with E-state index in [2.05, 4.69) is 47.3 Å². The van der Waals surface area contributed by atoms with E-state index in [1.807, 2.05) is 6.07 Å². The molecule has 0 fully saturated rings. The first-order valence-electron chi connectivity index (χ1n) is 4.63. The number of hydrogen-bond donors (Lipinski definition) is 3. The van der Waals surface area contributed by atoms with Crippen LogP contribution in [0.2, 0.25) is 0 Å². The second-order valence-electron chi connectivity index (χ2n) is 3.23. The van der Waals surface area contributed by atoms with Crippen LogP contribution in [0.1, 0.15) is 5.82 Å². The summed E-state index contributed by atoms with van der Waals surface area (Å²) in [5, 5.41) is 0.518. The van der Waals surface area contributed by atoms with Gasteiger partial charge in [0, 0.05) is 15.1 Å². The van der Waals surface area contributed by atoms with Crippen LogP contribution in [0.3, 0.4) is 0 Å². The maximum atomic E-state index is 11.8.